The van der Waals surface area contributed by atoms with E-state index >= 15 is 0 Å². The minimum atomic E-state index is 0. The molecule has 5 heteroatoms. The fraction of sp³-hybridized carbons (Fsp3) is 0.111. The zero-order valence-corrected chi connectivity index (χ0v) is 26.1. The van der Waals surface area contributed by atoms with Gasteiger partial charge in [-0.25, -0.2) is 19.9 Å². The second kappa shape index (κ2) is 13.8. The largest absolute Gasteiger partial charge is 0.236 e. The molecular weight excluding hydrogens is 681 g/mol. The molecule has 1 radical (unpaired) electrons. The number of rotatable bonds is 4. The first kappa shape index (κ1) is 29.7. The van der Waals surface area contributed by atoms with Gasteiger partial charge in [0.05, 0.1) is 22.8 Å². The van der Waals surface area contributed by atoms with Crippen molar-refractivity contribution in [1.82, 2.24) is 19.9 Å². The molecule has 4 nitrogen and oxygen atoms in total. The summed E-state index contributed by atoms with van der Waals surface area (Å²) in [6, 6.07) is 37.1. The van der Waals surface area contributed by atoms with Gasteiger partial charge in [0.25, 0.3) is 0 Å². The van der Waals surface area contributed by atoms with Gasteiger partial charge in [-0.3, -0.25) is 0 Å². The van der Waals surface area contributed by atoms with E-state index in [2.05, 4.69) is 96.2 Å². The molecule has 0 aliphatic rings. The van der Waals surface area contributed by atoms with Gasteiger partial charge in [0.1, 0.15) is 12.7 Å². The van der Waals surface area contributed by atoms with E-state index in [0.29, 0.717) is 0 Å². The van der Waals surface area contributed by atoms with Gasteiger partial charge in [-0.2, -0.15) is 0 Å². The normalized spacial score (nSPS) is 10.2. The van der Waals surface area contributed by atoms with E-state index in [1.165, 1.54) is 22.3 Å². The van der Waals surface area contributed by atoms with Crippen LogP contribution in [0.15, 0.2) is 122 Å². The Labute approximate surface area is 256 Å². The van der Waals surface area contributed by atoms with Crippen LogP contribution in [0.25, 0.3) is 45.0 Å². The van der Waals surface area contributed by atoms with E-state index in [0.717, 1.165) is 45.0 Å². The first-order valence-electron chi connectivity index (χ1n) is 13.4. The van der Waals surface area contributed by atoms with Crippen LogP contribution in [0.5, 0.6) is 0 Å². The molecule has 6 aromatic rings. The number of hydrogen-bond donors (Lipinski definition) is 0. The molecule has 0 spiro atoms. The Morgan fingerprint density at radius 3 is 1.05 bits per heavy atom. The second-order valence-corrected chi connectivity index (χ2v) is 9.75. The Bertz CT molecular complexity index is 1600. The van der Waals surface area contributed by atoms with Gasteiger partial charge in [-0.15, -0.1) is 0 Å². The molecule has 6 rings (SSSR count). The fourth-order valence-corrected chi connectivity index (χ4v) is 4.89. The Hall–Kier alpha value is -4.31. The van der Waals surface area contributed by atoms with Gasteiger partial charge in [0.15, 0.2) is 0 Å². The summed E-state index contributed by atoms with van der Waals surface area (Å²) in [6.07, 6.45) is 3.30. The number of hydrogen-bond acceptors (Lipinski definition) is 4. The smallest absolute Gasteiger partial charge is 0.116 e. The summed E-state index contributed by atoms with van der Waals surface area (Å²) in [5, 5.41) is 0. The van der Waals surface area contributed by atoms with Crippen LogP contribution in [0.1, 0.15) is 22.3 Å². The van der Waals surface area contributed by atoms with Crippen molar-refractivity contribution in [3.8, 4) is 45.0 Å². The van der Waals surface area contributed by atoms with E-state index in [1.807, 2.05) is 60.7 Å². The van der Waals surface area contributed by atoms with Crippen molar-refractivity contribution in [2.45, 2.75) is 27.7 Å². The molecule has 0 aliphatic carbocycles. The third-order valence-electron chi connectivity index (χ3n) is 7.06. The molecule has 0 N–H and O–H groups in total. The summed E-state index contributed by atoms with van der Waals surface area (Å²) >= 11 is 0. The maximum Gasteiger partial charge on any atom is 0.116 e. The molecular formula is C36H32IrN4. The third-order valence-corrected chi connectivity index (χ3v) is 7.06. The molecule has 0 saturated carbocycles. The van der Waals surface area contributed by atoms with Crippen LogP contribution in [0.4, 0.5) is 0 Å². The number of aromatic nitrogens is 4. The maximum atomic E-state index is 4.48. The first-order chi connectivity index (χ1) is 19.5. The zero-order chi connectivity index (χ0) is 27.9. The van der Waals surface area contributed by atoms with Crippen molar-refractivity contribution in [3.63, 3.8) is 0 Å². The van der Waals surface area contributed by atoms with Gasteiger partial charge < -0.3 is 0 Å². The second-order valence-electron chi connectivity index (χ2n) is 9.75. The molecule has 2 aromatic heterocycles. The predicted molar refractivity (Wildman–Crippen MR) is 165 cm³/mol. The molecule has 0 fully saturated rings. The van der Waals surface area contributed by atoms with Crippen LogP contribution in [0.3, 0.4) is 0 Å². The summed E-state index contributed by atoms with van der Waals surface area (Å²) < 4.78 is 0. The van der Waals surface area contributed by atoms with Crippen LogP contribution in [-0.4, -0.2) is 19.9 Å². The Morgan fingerprint density at radius 1 is 0.366 bits per heavy atom. The molecule has 0 amide bonds. The van der Waals surface area contributed by atoms with Crippen LogP contribution in [0.2, 0.25) is 0 Å². The van der Waals surface area contributed by atoms with Crippen molar-refractivity contribution in [2.75, 3.05) is 0 Å². The fourth-order valence-electron chi connectivity index (χ4n) is 4.89. The maximum absolute atomic E-state index is 4.48. The monoisotopic (exact) mass is 713 g/mol. The molecule has 2 heterocycles. The van der Waals surface area contributed by atoms with E-state index in [1.54, 1.807) is 12.7 Å². The molecule has 41 heavy (non-hydrogen) atoms. The molecule has 0 bridgehead atoms. The van der Waals surface area contributed by atoms with Crippen molar-refractivity contribution in [2.24, 2.45) is 0 Å². The Morgan fingerprint density at radius 2 is 0.683 bits per heavy atom. The van der Waals surface area contributed by atoms with E-state index in [4.69, 9.17) is 0 Å². The minimum Gasteiger partial charge on any atom is -0.236 e. The molecule has 0 aliphatic heterocycles. The van der Waals surface area contributed by atoms with E-state index in [-0.39, 0.29) is 20.1 Å². The third kappa shape index (κ3) is 6.71. The van der Waals surface area contributed by atoms with Gasteiger partial charge in [-0.1, -0.05) is 109 Å². The predicted octanol–water partition coefficient (Wildman–Crippen LogP) is 8.85. The number of nitrogens with zero attached hydrogens (tertiary/aromatic N) is 4. The van der Waals surface area contributed by atoms with Crippen molar-refractivity contribution in [3.05, 3.63) is 144 Å². The SMILES string of the molecule is Cc1ccccc1-c1ncnc(-c2ccccc2)c1C.Cc1ccccc1-c1ncnc(-c2ccccc2)c1C.[Ir]. The number of benzene rings is 4. The van der Waals surface area contributed by atoms with Crippen LogP contribution >= 0.6 is 0 Å². The minimum absolute atomic E-state index is 0. The van der Waals surface area contributed by atoms with Crippen molar-refractivity contribution < 1.29 is 20.1 Å². The summed E-state index contributed by atoms with van der Waals surface area (Å²) in [5.41, 5.74) is 13.3. The van der Waals surface area contributed by atoms with E-state index < -0.39 is 0 Å². The quantitative estimate of drug-likeness (QED) is 0.183. The van der Waals surface area contributed by atoms with Crippen molar-refractivity contribution in [1.29, 1.82) is 0 Å². The Balaban J connectivity index is 0.000000184. The van der Waals surface area contributed by atoms with Gasteiger partial charge in [0.2, 0.25) is 0 Å². The van der Waals surface area contributed by atoms with Crippen LogP contribution in [-0.2, 0) is 20.1 Å². The summed E-state index contributed by atoms with van der Waals surface area (Å²) in [4.78, 5) is 17.9. The van der Waals surface area contributed by atoms with Crippen LogP contribution < -0.4 is 0 Å². The molecule has 0 atom stereocenters. The Kier molecular flexibility index (Phi) is 10.0. The van der Waals surface area contributed by atoms with Gasteiger partial charge in [-0.05, 0) is 38.8 Å². The first-order valence-corrected chi connectivity index (χ1v) is 13.4. The zero-order valence-electron chi connectivity index (χ0n) is 23.7. The molecule has 0 unspecified atom stereocenters. The number of aryl methyl sites for hydroxylation is 2. The molecule has 205 valence electrons. The average Bonchev–Trinajstić information content (AvgIpc) is 3.00. The van der Waals surface area contributed by atoms with Gasteiger partial charge in [0, 0.05) is 53.5 Å². The van der Waals surface area contributed by atoms with E-state index in [9.17, 15) is 0 Å². The summed E-state index contributed by atoms with van der Waals surface area (Å²) in [7, 11) is 0. The van der Waals surface area contributed by atoms with Crippen LogP contribution in [0, 0.1) is 27.7 Å². The topological polar surface area (TPSA) is 51.6 Å². The standard InChI is InChI=1S/2C18H16N2.Ir/c2*1-13-8-6-7-11-16(13)18-14(2)17(19-12-20-18)15-9-4-3-5-10-15;/h2*3-12H,1-2H3;. The van der Waals surface area contributed by atoms with Gasteiger partial charge >= 0.3 is 0 Å². The molecule has 4 aromatic carbocycles. The van der Waals surface area contributed by atoms with Crippen molar-refractivity contribution >= 4 is 0 Å². The molecule has 0 saturated heterocycles. The summed E-state index contributed by atoms with van der Waals surface area (Å²) in [5.74, 6) is 0. The summed E-state index contributed by atoms with van der Waals surface area (Å²) in [6.45, 7) is 8.40. The average molecular weight is 713 g/mol.